The van der Waals surface area contributed by atoms with Crippen LogP contribution >= 0.6 is 0 Å². The molecule has 14 heavy (non-hydrogen) atoms. The van der Waals surface area contributed by atoms with E-state index in [2.05, 4.69) is 23.7 Å². The minimum atomic E-state index is -0.655. The summed E-state index contributed by atoms with van der Waals surface area (Å²) in [6, 6.07) is 0.339. The Bertz CT molecular complexity index is 264. The van der Waals surface area contributed by atoms with Crippen LogP contribution in [0.3, 0.4) is 0 Å². The van der Waals surface area contributed by atoms with Crippen LogP contribution in [0.2, 0.25) is 0 Å². The van der Waals surface area contributed by atoms with Crippen molar-refractivity contribution >= 4 is 5.97 Å². The highest BCUT2D eigenvalue weighted by molar-refractivity contribution is 5.70. The molecule has 1 N–H and O–H groups in total. The van der Waals surface area contributed by atoms with Crippen LogP contribution in [0.1, 0.15) is 26.7 Å². The molecule has 1 fully saturated rings. The molecule has 0 aliphatic carbocycles. The molecule has 2 atom stereocenters. The third-order valence-corrected chi connectivity index (χ3v) is 2.82. The van der Waals surface area contributed by atoms with E-state index in [1.54, 1.807) is 0 Å². The third-order valence-electron chi connectivity index (χ3n) is 2.82. The van der Waals surface area contributed by atoms with Crippen molar-refractivity contribution in [3.63, 3.8) is 0 Å². The number of rotatable bonds is 2. The highest BCUT2D eigenvalue weighted by atomic mass is 16.4. The maximum Gasteiger partial charge on any atom is 0.306 e. The largest absolute Gasteiger partial charge is 0.481 e. The van der Waals surface area contributed by atoms with E-state index < -0.39 is 5.97 Å². The van der Waals surface area contributed by atoms with Crippen molar-refractivity contribution < 1.29 is 9.90 Å². The number of hydrogen-bond acceptors (Lipinski definition) is 2. The zero-order valence-corrected chi connectivity index (χ0v) is 8.79. The zero-order valence-electron chi connectivity index (χ0n) is 8.79. The maximum atomic E-state index is 10.8. The molecule has 3 heteroatoms. The predicted molar refractivity (Wildman–Crippen MR) is 54.8 cm³/mol. The fourth-order valence-electron chi connectivity index (χ4n) is 1.86. The average Bonchev–Trinajstić information content (AvgIpc) is 2.15. The fourth-order valence-corrected chi connectivity index (χ4v) is 1.86. The molecule has 0 radical (unpaired) electrons. The van der Waals surface area contributed by atoms with Gasteiger partial charge >= 0.3 is 5.97 Å². The first-order valence-corrected chi connectivity index (χ1v) is 5.01. The summed E-state index contributed by atoms with van der Waals surface area (Å²) < 4.78 is 0. The molecule has 1 aliphatic rings. The van der Waals surface area contributed by atoms with Gasteiger partial charge in [0.2, 0.25) is 0 Å². The first-order valence-electron chi connectivity index (χ1n) is 5.01. The third kappa shape index (κ3) is 2.74. The topological polar surface area (TPSA) is 40.5 Å². The number of piperidine rings is 1. The summed E-state index contributed by atoms with van der Waals surface area (Å²) in [4.78, 5) is 13.0. The Morgan fingerprint density at radius 1 is 1.64 bits per heavy atom. The van der Waals surface area contributed by atoms with Crippen molar-refractivity contribution in [3.05, 3.63) is 0 Å². The molecule has 0 aromatic heterocycles. The van der Waals surface area contributed by atoms with Gasteiger partial charge in [0.15, 0.2) is 0 Å². The van der Waals surface area contributed by atoms with Gasteiger partial charge in [0.1, 0.15) is 0 Å². The molecule has 0 aromatic carbocycles. The number of nitrogens with zero attached hydrogens (tertiary/aromatic N) is 1. The van der Waals surface area contributed by atoms with Crippen LogP contribution in [-0.4, -0.2) is 35.1 Å². The molecular formula is C11H17NO2. The summed E-state index contributed by atoms with van der Waals surface area (Å²) in [6.45, 7) is 5.53. The quantitative estimate of drug-likeness (QED) is 0.673. The lowest BCUT2D eigenvalue weighted by Crippen LogP contribution is -2.42. The molecular weight excluding hydrogens is 178 g/mol. The van der Waals surface area contributed by atoms with Gasteiger partial charge in [-0.15, -0.1) is 5.92 Å². The Morgan fingerprint density at radius 2 is 2.36 bits per heavy atom. The van der Waals surface area contributed by atoms with E-state index in [4.69, 9.17) is 5.11 Å². The fraction of sp³-hybridized carbons (Fsp3) is 0.727. The Hall–Kier alpha value is -1.01. The van der Waals surface area contributed by atoms with Crippen molar-refractivity contribution in [3.8, 4) is 11.8 Å². The highest BCUT2D eigenvalue weighted by Crippen LogP contribution is 2.22. The number of hydrogen-bond donors (Lipinski definition) is 1. The number of carboxylic acid groups (broad SMARTS) is 1. The van der Waals surface area contributed by atoms with Gasteiger partial charge in [-0.05, 0) is 26.7 Å². The first kappa shape index (κ1) is 11.1. The zero-order chi connectivity index (χ0) is 10.6. The minimum Gasteiger partial charge on any atom is -0.481 e. The van der Waals surface area contributed by atoms with Crippen molar-refractivity contribution in [2.24, 2.45) is 5.92 Å². The molecule has 78 valence electrons. The van der Waals surface area contributed by atoms with E-state index in [9.17, 15) is 4.79 Å². The molecule has 0 spiro atoms. The first-order chi connectivity index (χ1) is 6.65. The number of carbonyl (C=O) groups is 1. The maximum absolute atomic E-state index is 10.8. The summed E-state index contributed by atoms with van der Waals surface area (Å²) in [7, 11) is 0. The van der Waals surface area contributed by atoms with Crippen molar-refractivity contribution in [1.82, 2.24) is 4.90 Å². The second-order valence-corrected chi connectivity index (χ2v) is 3.81. The average molecular weight is 195 g/mol. The summed E-state index contributed by atoms with van der Waals surface area (Å²) in [5.41, 5.74) is 0. The molecule has 0 aromatic rings. The Balaban J connectivity index is 2.46. The second-order valence-electron chi connectivity index (χ2n) is 3.81. The monoisotopic (exact) mass is 195 g/mol. The van der Waals surface area contributed by atoms with Crippen LogP contribution in [0, 0.1) is 17.8 Å². The van der Waals surface area contributed by atoms with Gasteiger partial charge in [0, 0.05) is 12.6 Å². The summed E-state index contributed by atoms with van der Waals surface area (Å²) in [5, 5.41) is 8.87. The smallest absolute Gasteiger partial charge is 0.306 e. The number of aliphatic carboxylic acids is 1. The van der Waals surface area contributed by atoms with Crippen molar-refractivity contribution in [2.45, 2.75) is 32.7 Å². The predicted octanol–water partition coefficient (Wildman–Crippen LogP) is 1.19. The van der Waals surface area contributed by atoms with Gasteiger partial charge in [-0.2, -0.15) is 0 Å². The van der Waals surface area contributed by atoms with Crippen LogP contribution in [0.4, 0.5) is 0 Å². The Morgan fingerprint density at radius 3 is 2.86 bits per heavy atom. The second kappa shape index (κ2) is 5.02. The molecule has 1 saturated heterocycles. The summed E-state index contributed by atoms with van der Waals surface area (Å²) in [6.07, 6.45) is 1.51. The molecule has 1 aliphatic heterocycles. The van der Waals surface area contributed by atoms with Gasteiger partial charge in [0.05, 0.1) is 12.5 Å². The lowest BCUT2D eigenvalue weighted by molar-refractivity contribution is -0.143. The van der Waals surface area contributed by atoms with Gasteiger partial charge in [-0.1, -0.05) is 5.92 Å². The molecule has 0 saturated carbocycles. The molecule has 1 heterocycles. The lowest BCUT2D eigenvalue weighted by Gasteiger charge is -2.34. The van der Waals surface area contributed by atoms with Crippen LogP contribution in [0.15, 0.2) is 0 Å². The van der Waals surface area contributed by atoms with Gasteiger partial charge in [-0.3, -0.25) is 9.69 Å². The molecule has 3 nitrogen and oxygen atoms in total. The highest BCUT2D eigenvalue weighted by Gasteiger charge is 2.28. The lowest BCUT2D eigenvalue weighted by atomic mass is 9.92. The summed E-state index contributed by atoms with van der Waals surface area (Å²) in [5.74, 6) is 5.07. The summed E-state index contributed by atoms with van der Waals surface area (Å²) >= 11 is 0. The van der Waals surface area contributed by atoms with E-state index >= 15 is 0 Å². The Labute approximate surface area is 85.1 Å². The van der Waals surface area contributed by atoms with E-state index in [0.717, 1.165) is 25.9 Å². The van der Waals surface area contributed by atoms with E-state index in [-0.39, 0.29) is 5.92 Å². The number of likely N-dealkylation sites (tertiary alicyclic amines) is 1. The van der Waals surface area contributed by atoms with Crippen LogP contribution in [0.5, 0.6) is 0 Å². The van der Waals surface area contributed by atoms with Gasteiger partial charge < -0.3 is 5.11 Å². The molecule has 2 unspecified atom stereocenters. The van der Waals surface area contributed by atoms with Gasteiger partial charge in [0.25, 0.3) is 0 Å². The van der Waals surface area contributed by atoms with Crippen molar-refractivity contribution in [1.29, 1.82) is 0 Å². The molecule has 0 amide bonds. The van der Waals surface area contributed by atoms with E-state index in [0.29, 0.717) is 6.04 Å². The molecule has 1 rings (SSSR count). The van der Waals surface area contributed by atoms with E-state index in [1.165, 1.54) is 0 Å². The van der Waals surface area contributed by atoms with Crippen LogP contribution in [-0.2, 0) is 4.79 Å². The van der Waals surface area contributed by atoms with Crippen LogP contribution < -0.4 is 0 Å². The molecule has 0 bridgehead atoms. The SMILES string of the molecule is CC#CCN1CCC(C(=O)O)CC1C. The standard InChI is InChI=1S/C11H17NO2/c1-3-4-6-12-7-5-10(11(13)14)8-9(12)2/h9-10H,5-8H2,1-2H3,(H,13,14). The van der Waals surface area contributed by atoms with Crippen molar-refractivity contribution in [2.75, 3.05) is 13.1 Å². The minimum absolute atomic E-state index is 0.157. The van der Waals surface area contributed by atoms with E-state index in [1.807, 2.05) is 6.92 Å². The normalized spacial score (nSPS) is 27.9. The van der Waals surface area contributed by atoms with Gasteiger partial charge in [-0.25, -0.2) is 0 Å². The van der Waals surface area contributed by atoms with Crippen LogP contribution in [0.25, 0.3) is 0 Å². The Kier molecular flexibility index (Phi) is 3.97. The number of carboxylic acids is 1.